The van der Waals surface area contributed by atoms with Crippen LogP contribution in [0.15, 0.2) is 36.4 Å². The van der Waals surface area contributed by atoms with Gasteiger partial charge in [-0.3, -0.25) is 0 Å². The Kier molecular flexibility index (Phi) is 6.15. The van der Waals surface area contributed by atoms with Crippen LogP contribution in [-0.2, 0) is 11.3 Å². The number of benzene rings is 1. The van der Waals surface area contributed by atoms with E-state index in [1.54, 1.807) is 7.11 Å². The number of nitrogens with zero attached hydrogens (tertiary/aromatic N) is 3. The van der Waals surface area contributed by atoms with Crippen LogP contribution in [0.5, 0.6) is 0 Å². The topological polar surface area (TPSA) is 50.3 Å². The van der Waals surface area contributed by atoms with Crippen molar-refractivity contribution in [1.82, 2.24) is 9.97 Å². The van der Waals surface area contributed by atoms with Crippen molar-refractivity contribution in [3.63, 3.8) is 0 Å². The first kappa shape index (κ1) is 16.2. The third-order valence-electron chi connectivity index (χ3n) is 3.30. The minimum Gasteiger partial charge on any atom is -0.385 e. The van der Waals surface area contributed by atoms with E-state index in [1.165, 1.54) is 5.56 Å². The molecule has 0 bridgehead atoms. The number of aryl methyl sites for hydroxylation is 1. The molecule has 0 aliphatic carbocycles. The number of ether oxygens (including phenoxy) is 1. The van der Waals surface area contributed by atoms with E-state index >= 15 is 0 Å². The van der Waals surface area contributed by atoms with Gasteiger partial charge in [-0.25, -0.2) is 4.98 Å². The highest BCUT2D eigenvalue weighted by molar-refractivity contribution is 5.44. The number of hydrogen-bond acceptors (Lipinski definition) is 5. The van der Waals surface area contributed by atoms with Crippen molar-refractivity contribution >= 4 is 11.8 Å². The zero-order chi connectivity index (χ0) is 15.8. The molecule has 0 spiro atoms. The summed E-state index contributed by atoms with van der Waals surface area (Å²) in [5, 5.41) is 3.25. The summed E-state index contributed by atoms with van der Waals surface area (Å²) in [7, 11) is 3.75. The minimum atomic E-state index is 0.672. The van der Waals surface area contributed by atoms with Crippen molar-refractivity contribution in [1.29, 1.82) is 0 Å². The molecule has 0 fully saturated rings. The van der Waals surface area contributed by atoms with Gasteiger partial charge in [0, 0.05) is 45.6 Å². The molecule has 0 aliphatic heterocycles. The number of anilines is 2. The Balaban J connectivity index is 2.01. The van der Waals surface area contributed by atoms with Crippen molar-refractivity contribution in [2.24, 2.45) is 0 Å². The highest BCUT2D eigenvalue weighted by Crippen LogP contribution is 2.16. The van der Waals surface area contributed by atoms with Crippen LogP contribution < -0.4 is 10.2 Å². The first-order chi connectivity index (χ1) is 10.7. The standard InChI is InChI=1S/C17H24N4O/c1-14-12-16(20-17(19-14)18-10-7-11-22-3)21(2)13-15-8-5-4-6-9-15/h4-6,8-9,12H,7,10-11,13H2,1-3H3,(H,18,19,20). The van der Waals surface area contributed by atoms with Crippen LogP contribution >= 0.6 is 0 Å². The van der Waals surface area contributed by atoms with E-state index in [-0.39, 0.29) is 0 Å². The SMILES string of the molecule is COCCCNc1nc(C)cc(N(C)Cc2ccccc2)n1. The van der Waals surface area contributed by atoms with Crippen molar-refractivity contribution in [3.05, 3.63) is 47.7 Å². The molecule has 0 saturated heterocycles. The van der Waals surface area contributed by atoms with Gasteiger partial charge >= 0.3 is 0 Å². The molecule has 1 N–H and O–H groups in total. The van der Waals surface area contributed by atoms with Crippen LogP contribution in [0, 0.1) is 6.92 Å². The molecule has 5 nitrogen and oxygen atoms in total. The maximum absolute atomic E-state index is 5.04. The quantitative estimate of drug-likeness (QED) is 0.760. The first-order valence-corrected chi connectivity index (χ1v) is 7.52. The fraction of sp³-hybridized carbons (Fsp3) is 0.412. The summed E-state index contributed by atoms with van der Waals surface area (Å²) in [5.74, 6) is 1.59. The molecular formula is C17H24N4O. The fourth-order valence-electron chi connectivity index (χ4n) is 2.18. The molecular weight excluding hydrogens is 276 g/mol. The van der Waals surface area contributed by atoms with Crippen LogP contribution in [-0.4, -0.2) is 37.3 Å². The summed E-state index contributed by atoms with van der Waals surface area (Å²) in [6, 6.07) is 12.4. The number of methoxy groups -OCH3 is 1. The maximum Gasteiger partial charge on any atom is 0.224 e. The molecule has 1 aromatic carbocycles. The molecule has 118 valence electrons. The van der Waals surface area contributed by atoms with Crippen molar-refractivity contribution in [2.45, 2.75) is 19.9 Å². The molecule has 0 saturated carbocycles. The van der Waals surface area contributed by atoms with Gasteiger partial charge in [0.15, 0.2) is 0 Å². The molecule has 1 aromatic heterocycles. The average Bonchev–Trinajstić information content (AvgIpc) is 2.52. The van der Waals surface area contributed by atoms with E-state index in [0.717, 1.165) is 37.6 Å². The van der Waals surface area contributed by atoms with Gasteiger partial charge in [-0.15, -0.1) is 0 Å². The zero-order valence-corrected chi connectivity index (χ0v) is 13.5. The number of nitrogens with one attached hydrogen (secondary N) is 1. The monoisotopic (exact) mass is 300 g/mol. The van der Waals surface area contributed by atoms with Crippen LogP contribution in [0.1, 0.15) is 17.7 Å². The fourth-order valence-corrected chi connectivity index (χ4v) is 2.18. The molecule has 22 heavy (non-hydrogen) atoms. The largest absolute Gasteiger partial charge is 0.385 e. The second-order valence-corrected chi connectivity index (χ2v) is 5.31. The van der Waals surface area contributed by atoms with Crippen molar-refractivity contribution in [2.75, 3.05) is 37.5 Å². The van der Waals surface area contributed by atoms with Gasteiger partial charge in [-0.2, -0.15) is 4.98 Å². The second-order valence-electron chi connectivity index (χ2n) is 5.31. The van der Waals surface area contributed by atoms with Gasteiger partial charge in [0.1, 0.15) is 5.82 Å². The predicted molar refractivity (Wildman–Crippen MR) is 90.3 cm³/mol. The molecule has 5 heteroatoms. The lowest BCUT2D eigenvalue weighted by Crippen LogP contribution is -2.19. The lowest BCUT2D eigenvalue weighted by molar-refractivity contribution is 0.197. The highest BCUT2D eigenvalue weighted by Gasteiger charge is 2.07. The molecule has 0 radical (unpaired) electrons. The Morgan fingerprint density at radius 2 is 1.95 bits per heavy atom. The zero-order valence-electron chi connectivity index (χ0n) is 13.5. The van der Waals surface area contributed by atoms with Crippen LogP contribution in [0.25, 0.3) is 0 Å². The van der Waals surface area contributed by atoms with Crippen molar-refractivity contribution in [3.8, 4) is 0 Å². The molecule has 0 amide bonds. The summed E-state index contributed by atoms with van der Waals surface area (Å²) in [6.45, 7) is 4.35. The van der Waals surface area contributed by atoms with Gasteiger partial charge in [0.25, 0.3) is 0 Å². The van der Waals surface area contributed by atoms with Crippen molar-refractivity contribution < 1.29 is 4.74 Å². The van der Waals surface area contributed by atoms with Gasteiger partial charge < -0.3 is 15.0 Å². The third-order valence-corrected chi connectivity index (χ3v) is 3.30. The minimum absolute atomic E-state index is 0.672. The summed E-state index contributed by atoms with van der Waals surface area (Å²) >= 11 is 0. The maximum atomic E-state index is 5.04. The number of hydrogen-bond donors (Lipinski definition) is 1. The Bertz CT molecular complexity index is 574. The smallest absolute Gasteiger partial charge is 0.224 e. The van der Waals surface area contributed by atoms with Gasteiger partial charge in [-0.1, -0.05) is 30.3 Å². The lowest BCUT2D eigenvalue weighted by Gasteiger charge is -2.19. The Hall–Kier alpha value is -2.14. The first-order valence-electron chi connectivity index (χ1n) is 7.52. The molecule has 0 unspecified atom stereocenters. The molecule has 1 heterocycles. The number of rotatable bonds is 8. The van der Waals surface area contributed by atoms with Gasteiger partial charge in [-0.05, 0) is 18.9 Å². The lowest BCUT2D eigenvalue weighted by atomic mass is 10.2. The van der Waals surface area contributed by atoms with E-state index in [2.05, 4.69) is 44.5 Å². The van der Waals surface area contributed by atoms with Gasteiger partial charge in [0.2, 0.25) is 5.95 Å². The summed E-state index contributed by atoms with van der Waals surface area (Å²) < 4.78 is 5.04. The average molecular weight is 300 g/mol. The second kappa shape index (κ2) is 8.34. The Labute approximate surface area is 132 Å². The highest BCUT2D eigenvalue weighted by atomic mass is 16.5. The molecule has 0 atom stereocenters. The number of aromatic nitrogens is 2. The van der Waals surface area contributed by atoms with Crippen LogP contribution in [0.3, 0.4) is 0 Å². The van der Waals surface area contributed by atoms with Crippen LogP contribution in [0.4, 0.5) is 11.8 Å². The van der Waals surface area contributed by atoms with E-state index in [9.17, 15) is 0 Å². The predicted octanol–water partition coefficient (Wildman–Crippen LogP) is 2.87. The normalized spacial score (nSPS) is 10.5. The Morgan fingerprint density at radius 1 is 1.18 bits per heavy atom. The molecule has 2 aromatic rings. The third kappa shape index (κ3) is 5.00. The van der Waals surface area contributed by atoms with E-state index in [0.29, 0.717) is 5.95 Å². The van der Waals surface area contributed by atoms with E-state index in [1.807, 2.05) is 26.1 Å². The Morgan fingerprint density at radius 3 is 2.68 bits per heavy atom. The molecule has 0 aliphatic rings. The summed E-state index contributed by atoms with van der Waals surface area (Å²) in [6.07, 6.45) is 0.934. The van der Waals surface area contributed by atoms with E-state index in [4.69, 9.17) is 4.74 Å². The molecule has 2 rings (SSSR count). The summed E-state index contributed by atoms with van der Waals surface area (Å²) in [5.41, 5.74) is 2.22. The summed E-state index contributed by atoms with van der Waals surface area (Å²) in [4.78, 5) is 11.2. The van der Waals surface area contributed by atoms with Gasteiger partial charge in [0.05, 0.1) is 0 Å². The van der Waals surface area contributed by atoms with E-state index < -0.39 is 0 Å². The van der Waals surface area contributed by atoms with Crippen LogP contribution in [0.2, 0.25) is 0 Å².